The first-order valence-electron chi connectivity index (χ1n) is 9.83. The summed E-state index contributed by atoms with van der Waals surface area (Å²) in [5.41, 5.74) is 1.85. The minimum absolute atomic E-state index is 0.238. The second-order valence-electron chi connectivity index (χ2n) is 7.45. The molecule has 1 unspecified atom stereocenters. The molecule has 3 aromatic rings. The minimum atomic E-state index is -0.238. The Hall–Kier alpha value is -1.89. The summed E-state index contributed by atoms with van der Waals surface area (Å²) in [7, 11) is 2.04. The van der Waals surface area contributed by atoms with Crippen molar-refractivity contribution in [3.8, 4) is 0 Å². The van der Waals surface area contributed by atoms with E-state index in [9.17, 15) is 4.39 Å². The van der Waals surface area contributed by atoms with Crippen molar-refractivity contribution in [2.24, 2.45) is 7.05 Å². The van der Waals surface area contributed by atoms with Crippen molar-refractivity contribution in [3.63, 3.8) is 0 Å². The van der Waals surface area contributed by atoms with Gasteiger partial charge in [0.2, 0.25) is 0 Å². The van der Waals surface area contributed by atoms with Crippen molar-refractivity contribution in [1.29, 1.82) is 0 Å². The van der Waals surface area contributed by atoms with E-state index in [-0.39, 0.29) is 11.7 Å². The molecular weight excluding hydrogens is 407 g/mol. The van der Waals surface area contributed by atoms with Gasteiger partial charge < -0.3 is 4.57 Å². The number of hydrogen-bond donors (Lipinski definition) is 0. The van der Waals surface area contributed by atoms with Crippen LogP contribution in [0.15, 0.2) is 53.7 Å². The fraction of sp³-hybridized carbons (Fsp3) is 0.364. The highest BCUT2D eigenvalue weighted by Gasteiger charge is 2.27. The van der Waals surface area contributed by atoms with E-state index in [2.05, 4.69) is 43.9 Å². The summed E-state index contributed by atoms with van der Waals surface area (Å²) in [4.78, 5) is 2.27. The molecule has 2 aromatic carbocycles. The molecule has 0 bridgehead atoms. The van der Waals surface area contributed by atoms with Gasteiger partial charge in [0.05, 0.1) is 0 Å². The minimum Gasteiger partial charge on any atom is -0.309 e. The molecule has 1 atom stereocenters. The van der Waals surface area contributed by atoms with E-state index >= 15 is 0 Å². The van der Waals surface area contributed by atoms with Gasteiger partial charge in [-0.3, -0.25) is 4.90 Å². The van der Waals surface area contributed by atoms with Crippen LogP contribution in [0.3, 0.4) is 0 Å². The van der Waals surface area contributed by atoms with E-state index in [1.54, 1.807) is 23.9 Å². The molecular formula is C22H24ClFN4S. The second-order valence-corrected chi connectivity index (χ2v) is 8.80. The molecule has 29 heavy (non-hydrogen) atoms. The Labute approximate surface area is 180 Å². The van der Waals surface area contributed by atoms with Gasteiger partial charge in [-0.1, -0.05) is 59.8 Å². The van der Waals surface area contributed by atoms with Crippen LogP contribution in [-0.2, 0) is 19.3 Å². The number of halogens is 2. The summed E-state index contributed by atoms with van der Waals surface area (Å²) in [6, 6.07) is 15.2. The number of hydrogen-bond acceptors (Lipinski definition) is 4. The fourth-order valence-corrected chi connectivity index (χ4v) is 4.94. The van der Waals surface area contributed by atoms with E-state index in [1.807, 2.05) is 13.1 Å². The number of nitrogens with zero attached hydrogens (tertiary/aromatic N) is 4. The smallest absolute Gasteiger partial charge is 0.191 e. The largest absolute Gasteiger partial charge is 0.309 e. The maximum atomic E-state index is 14.2. The molecule has 0 radical (unpaired) electrons. The first kappa shape index (κ1) is 20.4. The maximum absolute atomic E-state index is 14.2. The normalized spacial score (nSPS) is 17.6. The molecule has 152 valence electrons. The Morgan fingerprint density at radius 1 is 1.14 bits per heavy atom. The van der Waals surface area contributed by atoms with E-state index in [0.29, 0.717) is 17.1 Å². The zero-order valence-corrected chi connectivity index (χ0v) is 18.0. The van der Waals surface area contributed by atoms with Crippen LogP contribution in [0.2, 0.25) is 5.02 Å². The molecule has 0 N–H and O–H groups in total. The Bertz CT molecular complexity index is 942. The highest BCUT2D eigenvalue weighted by Crippen LogP contribution is 2.30. The lowest BCUT2D eigenvalue weighted by Gasteiger charge is -2.32. The van der Waals surface area contributed by atoms with Gasteiger partial charge in [-0.15, -0.1) is 10.2 Å². The lowest BCUT2D eigenvalue weighted by molar-refractivity contribution is 0.193. The quantitative estimate of drug-likeness (QED) is 0.498. The third kappa shape index (κ3) is 4.82. The molecule has 7 heteroatoms. The molecule has 1 saturated heterocycles. The van der Waals surface area contributed by atoms with Crippen LogP contribution >= 0.6 is 23.4 Å². The van der Waals surface area contributed by atoms with Crippen molar-refractivity contribution in [2.75, 3.05) is 13.1 Å². The summed E-state index contributed by atoms with van der Waals surface area (Å²) in [5, 5.41) is 10.3. The van der Waals surface area contributed by atoms with Crippen molar-refractivity contribution >= 4 is 23.4 Å². The molecule has 1 aliphatic rings. The van der Waals surface area contributed by atoms with Crippen molar-refractivity contribution < 1.29 is 4.39 Å². The monoisotopic (exact) mass is 430 g/mol. The molecule has 4 nitrogen and oxygen atoms in total. The fourth-order valence-electron chi connectivity index (χ4n) is 3.85. The van der Waals surface area contributed by atoms with Crippen LogP contribution in [0, 0.1) is 5.82 Å². The van der Waals surface area contributed by atoms with E-state index in [0.717, 1.165) is 42.7 Å². The molecule has 1 aromatic heterocycles. The maximum Gasteiger partial charge on any atom is 0.191 e. The predicted octanol–water partition coefficient (Wildman–Crippen LogP) is 5.28. The standard InChI is InChI=1S/C22H24ClFN4S/c1-27-21(25-26-22(27)29-15-16-7-3-2-4-8-16)17-9-6-12-28(13-17)14-18-19(23)10-5-11-20(18)24/h2-5,7-8,10-11,17H,6,9,12-15H2,1H3. The molecule has 1 aliphatic heterocycles. The molecule has 0 amide bonds. The molecule has 0 saturated carbocycles. The van der Waals surface area contributed by atoms with Gasteiger partial charge in [-0.05, 0) is 37.1 Å². The number of aromatic nitrogens is 3. The zero-order chi connectivity index (χ0) is 20.2. The van der Waals surface area contributed by atoms with Crippen molar-refractivity contribution in [1.82, 2.24) is 19.7 Å². The Morgan fingerprint density at radius 3 is 2.76 bits per heavy atom. The third-order valence-electron chi connectivity index (χ3n) is 5.39. The lowest BCUT2D eigenvalue weighted by atomic mass is 9.96. The summed E-state index contributed by atoms with van der Waals surface area (Å²) < 4.78 is 16.3. The first-order chi connectivity index (χ1) is 14.1. The van der Waals surface area contributed by atoms with E-state index in [1.165, 1.54) is 11.6 Å². The second kappa shape index (κ2) is 9.28. The molecule has 2 heterocycles. The van der Waals surface area contributed by atoms with Crippen LogP contribution < -0.4 is 0 Å². The van der Waals surface area contributed by atoms with Crippen molar-refractivity contribution in [2.45, 2.75) is 36.2 Å². The van der Waals surface area contributed by atoms with Crippen molar-refractivity contribution in [3.05, 3.63) is 76.3 Å². The molecule has 4 rings (SSSR count). The number of benzene rings is 2. The Balaban J connectivity index is 1.42. The summed E-state index contributed by atoms with van der Waals surface area (Å²) >= 11 is 7.92. The van der Waals surface area contributed by atoms with Gasteiger partial charge >= 0.3 is 0 Å². The van der Waals surface area contributed by atoms with E-state index in [4.69, 9.17) is 11.6 Å². The Morgan fingerprint density at radius 2 is 1.97 bits per heavy atom. The first-order valence-corrected chi connectivity index (χ1v) is 11.2. The van der Waals surface area contributed by atoms with Gasteiger partial charge in [0.25, 0.3) is 0 Å². The number of piperidine rings is 1. The van der Waals surface area contributed by atoms with Gasteiger partial charge in [0, 0.05) is 42.4 Å². The molecule has 0 spiro atoms. The zero-order valence-electron chi connectivity index (χ0n) is 16.4. The summed E-state index contributed by atoms with van der Waals surface area (Å²) in [6.07, 6.45) is 2.12. The van der Waals surface area contributed by atoms with E-state index < -0.39 is 0 Å². The molecule has 1 fully saturated rings. The number of rotatable bonds is 6. The average molecular weight is 431 g/mol. The molecule has 0 aliphatic carbocycles. The van der Waals surface area contributed by atoms with Gasteiger partial charge in [0.1, 0.15) is 11.6 Å². The number of likely N-dealkylation sites (tertiary alicyclic amines) is 1. The highest BCUT2D eigenvalue weighted by atomic mass is 35.5. The van der Waals surface area contributed by atoms with Crippen LogP contribution in [0.25, 0.3) is 0 Å². The SMILES string of the molecule is Cn1c(SCc2ccccc2)nnc1C1CCCN(Cc2c(F)cccc2Cl)C1. The van der Waals surface area contributed by atoms with Gasteiger partial charge in [-0.2, -0.15) is 0 Å². The number of thioether (sulfide) groups is 1. The van der Waals surface area contributed by atoms with Crippen LogP contribution in [0.4, 0.5) is 4.39 Å². The van der Waals surface area contributed by atoms with Gasteiger partial charge in [0.15, 0.2) is 5.16 Å². The van der Waals surface area contributed by atoms with Crippen LogP contribution in [-0.4, -0.2) is 32.8 Å². The topological polar surface area (TPSA) is 34.0 Å². The van der Waals surface area contributed by atoms with Gasteiger partial charge in [-0.25, -0.2) is 4.39 Å². The Kier molecular flexibility index (Phi) is 6.53. The lowest BCUT2D eigenvalue weighted by Crippen LogP contribution is -2.35. The summed E-state index contributed by atoms with van der Waals surface area (Å²) in [6.45, 7) is 2.30. The average Bonchev–Trinajstić information content (AvgIpc) is 3.11. The highest BCUT2D eigenvalue weighted by molar-refractivity contribution is 7.98. The third-order valence-corrected chi connectivity index (χ3v) is 6.84. The summed E-state index contributed by atoms with van der Waals surface area (Å²) in [5.74, 6) is 1.93. The van der Waals surface area contributed by atoms with Crippen LogP contribution in [0.1, 0.15) is 35.7 Å². The van der Waals surface area contributed by atoms with Crippen LogP contribution in [0.5, 0.6) is 0 Å². The predicted molar refractivity (Wildman–Crippen MR) is 116 cm³/mol.